The predicted octanol–water partition coefficient (Wildman–Crippen LogP) is 5.66. The molecule has 1 fully saturated rings. The van der Waals surface area contributed by atoms with Gasteiger partial charge in [0.1, 0.15) is 6.33 Å². The highest BCUT2D eigenvalue weighted by Gasteiger charge is 2.35. The average molecular weight is 585 g/mol. The van der Waals surface area contributed by atoms with Crippen molar-refractivity contribution >= 4 is 28.9 Å². The summed E-state index contributed by atoms with van der Waals surface area (Å²) in [5, 5.41) is 24.3. The molecule has 0 unspecified atom stereocenters. The number of carbonyl (C=O) groups excluding carboxylic acids is 1. The molecule has 1 saturated carbocycles. The van der Waals surface area contributed by atoms with Crippen LogP contribution in [0.4, 0.5) is 24.5 Å². The van der Waals surface area contributed by atoms with E-state index < -0.39 is 29.4 Å². The van der Waals surface area contributed by atoms with Gasteiger partial charge in [-0.05, 0) is 72.4 Å². The van der Waals surface area contributed by atoms with Crippen molar-refractivity contribution in [2.24, 2.45) is 7.05 Å². The number of hydrogen-bond acceptors (Lipinski definition) is 6. The van der Waals surface area contributed by atoms with E-state index in [0.29, 0.717) is 28.4 Å². The number of nitrogens with zero attached hydrogens (tertiary/aromatic N) is 3. The van der Waals surface area contributed by atoms with Gasteiger partial charge in [0.2, 0.25) is 0 Å². The number of amides is 1. The monoisotopic (exact) mass is 584 g/mol. The Morgan fingerprint density at radius 2 is 1.95 bits per heavy atom. The first-order valence-electron chi connectivity index (χ1n) is 13.0. The second kappa shape index (κ2) is 11.5. The van der Waals surface area contributed by atoms with Crippen LogP contribution in [0.5, 0.6) is 0 Å². The minimum absolute atomic E-state index is 0.0742. The van der Waals surface area contributed by atoms with Crippen LogP contribution in [0.2, 0.25) is 5.02 Å². The van der Waals surface area contributed by atoms with Crippen LogP contribution in [0, 0.1) is 0 Å². The second-order valence-corrected chi connectivity index (χ2v) is 10.5. The number of aliphatic hydroxyl groups excluding tert-OH is 1. The molecule has 0 spiro atoms. The number of aromatic nitrogens is 3. The number of aliphatic hydroxyl groups is 1. The molecule has 0 radical (unpaired) electrons. The number of anilines is 2. The lowest BCUT2D eigenvalue weighted by molar-refractivity contribution is -0.136. The van der Waals surface area contributed by atoms with Gasteiger partial charge < -0.3 is 26.0 Å². The number of hydrogen-bond donors (Lipinski definition) is 4. The van der Waals surface area contributed by atoms with Gasteiger partial charge in [-0.15, -0.1) is 10.2 Å². The van der Waals surface area contributed by atoms with E-state index in [1.807, 2.05) is 0 Å². The Kier molecular flexibility index (Phi) is 8.03. The fourth-order valence-corrected chi connectivity index (χ4v) is 5.26. The SMILES string of the molecule is Cn1cnnc1-c1cc(Cl)ccc1-c1cccc(C(=O)Nc2cc(CN[C@@H]3CCC[C@@H]3O)cc(C(F)(F)F)c2N)c1. The number of rotatable bonds is 7. The maximum atomic E-state index is 13.9. The zero-order valence-electron chi connectivity index (χ0n) is 22.0. The summed E-state index contributed by atoms with van der Waals surface area (Å²) in [5.41, 5.74) is 6.74. The lowest BCUT2D eigenvalue weighted by atomic mass is 9.97. The van der Waals surface area contributed by atoms with E-state index in [0.717, 1.165) is 24.5 Å². The van der Waals surface area contributed by atoms with E-state index in [2.05, 4.69) is 20.8 Å². The van der Waals surface area contributed by atoms with Crippen LogP contribution >= 0.6 is 11.6 Å². The number of nitrogens with one attached hydrogen (secondary N) is 2. The van der Waals surface area contributed by atoms with E-state index in [-0.39, 0.29) is 29.4 Å². The molecule has 1 aliphatic carbocycles. The lowest BCUT2D eigenvalue weighted by Gasteiger charge is -2.20. The van der Waals surface area contributed by atoms with Crippen molar-refractivity contribution in [2.45, 2.75) is 44.1 Å². The average Bonchev–Trinajstić information content (AvgIpc) is 3.55. The second-order valence-electron chi connectivity index (χ2n) is 10.1. The van der Waals surface area contributed by atoms with Crippen LogP contribution in [-0.4, -0.2) is 37.9 Å². The molecule has 2 atom stereocenters. The smallest absolute Gasteiger partial charge is 0.397 e. The van der Waals surface area contributed by atoms with E-state index in [1.165, 1.54) is 6.07 Å². The highest BCUT2D eigenvalue weighted by atomic mass is 35.5. The summed E-state index contributed by atoms with van der Waals surface area (Å²) >= 11 is 6.25. The molecule has 1 aromatic heterocycles. The third kappa shape index (κ3) is 6.22. The molecule has 5 rings (SSSR count). The number of halogens is 4. The molecule has 214 valence electrons. The molecule has 12 heteroatoms. The van der Waals surface area contributed by atoms with Crippen molar-refractivity contribution in [2.75, 3.05) is 11.1 Å². The van der Waals surface area contributed by atoms with Gasteiger partial charge in [0.05, 0.1) is 23.0 Å². The van der Waals surface area contributed by atoms with Crippen molar-refractivity contribution in [3.63, 3.8) is 0 Å². The molecule has 8 nitrogen and oxygen atoms in total. The van der Waals surface area contributed by atoms with Gasteiger partial charge in [-0.2, -0.15) is 13.2 Å². The maximum absolute atomic E-state index is 13.9. The molecule has 41 heavy (non-hydrogen) atoms. The first kappa shape index (κ1) is 28.6. The van der Waals surface area contributed by atoms with Crippen LogP contribution in [0.15, 0.2) is 60.9 Å². The third-order valence-corrected chi connectivity index (χ3v) is 7.45. The number of carbonyl (C=O) groups is 1. The Morgan fingerprint density at radius 3 is 2.63 bits per heavy atom. The van der Waals surface area contributed by atoms with Gasteiger partial charge in [-0.25, -0.2) is 0 Å². The van der Waals surface area contributed by atoms with Crippen LogP contribution in [0.1, 0.15) is 40.7 Å². The molecule has 5 N–H and O–H groups in total. The first-order valence-corrected chi connectivity index (χ1v) is 13.4. The number of aryl methyl sites for hydroxylation is 1. The van der Waals surface area contributed by atoms with E-state index in [1.54, 1.807) is 60.4 Å². The molecule has 1 amide bonds. The highest BCUT2D eigenvalue weighted by Crippen LogP contribution is 2.39. The fourth-order valence-electron chi connectivity index (χ4n) is 5.08. The Labute approximate surface area is 239 Å². The van der Waals surface area contributed by atoms with Gasteiger partial charge in [0.15, 0.2) is 5.82 Å². The third-order valence-electron chi connectivity index (χ3n) is 7.21. The van der Waals surface area contributed by atoms with Crippen molar-refractivity contribution < 1.29 is 23.1 Å². The zero-order valence-corrected chi connectivity index (χ0v) is 22.8. The maximum Gasteiger partial charge on any atom is 0.418 e. The number of nitrogen functional groups attached to an aromatic ring is 1. The largest absolute Gasteiger partial charge is 0.418 e. The van der Waals surface area contributed by atoms with Crippen LogP contribution in [0.25, 0.3) is 22.5 Å². The van der Waals surface area contributed by atoms with Crippen molar-refractivity contribution in [3.8, 4) is 22.5 Å². The topological polar surface area (TPSA) is 118 Å². The Bertz CT molecular complexity index is 1590. The van der Waals surface area contributed by atoms with Crippen molar-refractivity contribution in [1.82, 2.24) is 20.1 Å². The molecular weight excluding hydrogens is 557 g/mol. The predicted molar refractivity (Wildman–Crippen MR) is 151 cm³/mol. The van der Waals surface area contributed by atoms with Crippen LogP contribution in [-0.2, 0) is 19.8 Å². The quantitative estimate of drug-likeness (QED) is 0.208. The zero-order chi connectivity index (χ0) is 29.3. The van der Waals surface area contributed by atoms with Crippen LogP contribution in [0.3, 0.4) is 0 Å². The fraction of sp³-hybridized carbons (Fsp3) is 0.276. The minimum atomic E-state index is -4.73. The summed E-state index contributed by atoms with van der Waals surface area (Å²) in [5.74, 6) is -0.0578. The lowest BCUT2D eigenvalue weighted by Crippen LogP contribution is -2.35. The standard InChI is InChI=1S/C29H28ClF3N6O2/c1-39-15-36-38-27(39)21-13-19(30)8-9-20(21)17-4-2-5-18(12-17)28(41)37-24-11-16(10-22(26(24)34)29(31,32)33)14-35-23-6-3-7-25(23)40/h2,4-5,8-13,15,23,25,35,40H,3,6-7,14,34H2,1H3,(H,37,41)/t23-,25+/m1/s1. The van der Waals surface area contributed by atoms with E-state index in [4.69, 9.17) is 17.3 Å². The molecule has 1 aliphatic rings. The van der Waals surface area contributed by atoms with Crippen molar-refractivity contribution in [3.05, 3.63) is 82.6 Å². The summed E-state index contributed by atoms with van der Waals surface area (Å²) < 4.78 is 43.3. The normalized spacial score (nSPS) is 17.1. The van der Waals surface area contributed by atoms with Crippen molar-refractivity contribution in [1.29, 1.82) is 0 Å². The van der Waals surface area contributed by atoms with Gasteiger partial charge >= 0.3 is 6.18 Å². The summed E-state index contributed by atoms with van der Waals surface area (Å²) in [4.78, 5) is 13.3. The van der Waals surface area contributed by atoms with Gasteiger partial charge in [-0.3, -0.25) is 4.79 Å². The minimum Gasteiger partial charge on any atom is -0.397 e. The molecular formula is C29H28ClF3N6O2. The molecule has 0 aliphatic heterocycles. The number of benzene rings is 3. The molecule has 0 bridgehead atoms. The van der Waals surface area contributed by atoms with Gasteiger partial charge in [0, 0.05) is 35.8 Å². The van der Waals surface area contributed by atoms with Gasteiger partial charge in [-0.1, -0.05) is 29.8 Å². The Morgan fingerprint density at radius 1 is 1.15 bits per heavy atom. The summed E-state index contributed by atoms with van der Waals surface area (Å²) in [6, 6.07) is 14.1. The van der Waals surface area contributed by atoms with Gasteiger partial charge in [0.25, 0.3) is 5.91 Å². The van der Waals surface area contributed by atoms with E-state index >= 15 is 0 Å². The molecule has 1 heterocycles. The van der Waals surface area contributed by atoms with E-state index in [9.17, 15) is 23.1 Å². The number of nitrogens with two attached hydrogens (primary N) is 1. The number of alkyl halides is 3. The summed E-state index contributed by atoms with van der Waals surface area (Å²) in [7, 11) is 1.79. The Hall–Kier alpha value is -3.93. The summed E-state index contributed by atoms with van der Waals surface area (Å²) in [6.07, 6.45) is -1.50. The summed E-state index contributed by atoms with van der Waals surface area (Å²) in [6.45, 7) is 0.0742. The molecule has 4 aromatic rings. The Balaban J connectivity index is 1.45. The first-order chi connectivity index (χ1) is 19.5. The molecule has 3 aromatic carbocycles. The van der Waals surface area contributed by atoms with Crippen LogP contribution < -0.4 is 16.4 Å². The highest BCUT2D eigenvalue weighted by molar-refractivity contribution is 6.31. The molecule has 0 saturated heterocycles.